The molecule has 0 aliphatic carbocycles. The lowest BCUT2D eigenvalue weighted by Crippen LogP contribution is -2.29. The molecular formula is C20H23NO3. The van der Waals surface area contributed by atoms with Crippen LogP contribution in [0.25, 0.3) is 0 Å². The van der Waals surface area contributed by atoms with Crippen molar-refractivity contribution in [3.63, 3.8) is 0 Å². The Bertz CT molecular complexity index is 599. The maximum Gasteiger partial charge on any atom is 0.303 e. The smallest absolute Gasteiger partial charge is 0.303 e. The fraction of sp³-hybridized carbons (Fsp3) is 0.300. The third-order valence-corrected chi connectivity index (χ3v) is 3.82. The molecule has 0 radical (unpaired) electrons. The number of nitrogens with zero attached hydrogens (tertiary/aromatic N) is 1. The molecule has 24 heavy (non-hydrogen) atoms. The van der Waals surface area contributed by atoms with Gasteiger partial charge in [-0.3, -0.25) is 9.59 Å². The molecule has 0 heterocycles. The van der Waals surface area contributed by atoms with Crippen LogP contribution >= 0.6 is 0 Å². The number of amides is 1. The Balaban J connectivity index is 1.98. The predicted molar refractivity (Wildman–Crippen MR) is 93.2 cm³/mol. The number of carboxylic acid groups (broad SMARTS) is 1. The molecule has 0 aliphatic heterocycles. The van der Waals surface area contributed by atoms with Crippen LogP contribution in [0.15, 0.2) is 60.7 Å². The van der Waals surface area contributed by atoms with Crippen molar-refractivity contribution in [3.05, 3.63) is 71.8 Å². The Morgan fingerprint density at radius 3 is 1.67 bits per heavy atom. The Morgan fingerprint density at radius 2 is 1.21 bits per heavy atom. The van der Waals surface area contributed by atoms with E-state index in [1.54, 1.807) is 0 Å². The lowest BCUT2D eigenvalue weighted by molar-refractivity contribution is -0.137. The molecule has 0 saturated carbocycles. The zero-order valence-corrected chi connectivity index (χ0v) is 13.7. The van der Waals surface area contributed by atoms with Crippen molar-refractivity contribution in [3.8, 4) is 0 Å². The number of hydrogen-bond acceptors (Lipinski definition) is 2. The molecule has 2 aromatic rings. The molecule has 0 atom stereocenters. The largest absolute Gasteiger partial charge is 0.481 e. The van der Waals surface area contributed by atoms with Gasteiger partial charge in [0.15, 0.2) is 0 Å². The highest BCUT2D eigenvalue weighted by molar-refractivity contribution is 5.76. The summed E-state index contributed by atoms with van der Waals surface area (Å²) in [6.07, 6.45) is 1.63. The molecule has 2 rings (SSSR count). The second-order valence-electron chi connectivity index (χ2n) is 5.82. The molecule has 4 nitrogen and oxygen atoms in total. The molecule has 0 bridgehead atoms. The van der Waals surface area contributed by atoms with Crippen molar-refractivity contribution in [2.24, 2.45) is 0 Å². The molecule has 126 valence electrons. The van der Waals surface area contributed by atoms with E-state index in [-0.39, 0.29) is 12.3 Å². The predicted octanol–water partition coefficient (Wildman–Crippen LogP) is 3.86. The molecule has 0 aliphatic rings. The van der Waals surface area contributed by atoms with Gasteiger partial charge in [0.1, 0.15) is 0 Å². The first-order chi connectivity index (χ1) is 11.6. The molecule has 2 aromatic carbocycles. The number of benzene rings is 2. The highest BCUT2D eigenvalue weighted by atomic mass is 16.4. The zero-order valence-electron chi connectivity index (χ0n) is 13.7. The van der Waals surface area contributed by atoms with Crippen molar-refractivity contribution in [1.82, 2.24) is 4.90 Å². The lowest BCUT2D eigenvalue weighted by atomic mass is 10.1. The van der Waals surface area contributed by atoms with Crippen molar-refractivity contribution < 1.29 is 14.7 Å². The second-order valence-corrected chi connectivity index (χ2v) is 5.82. The van der Waals surface area contributed by atoms with Gasteiger partial charge in [-0.25, -0.2) is 0 Å². The minimum Gasteiger partial charge on any atom is -0.481 e. The molecule has 1 amide bonds. The van der Waals surface area contributed by atoms with E-state index in [1.165, 1.54) is 0 Å². The van der Waals surface area contributed by atoms with Crippen LogP contribution in [-0.2, 0) is 22.7 Å². The van der Waals surface area contributed by atoms with Crippen LogP contribution in [0.5, 0.6) is 0 Å². The van der Waals surface area contributed by atoms with Crippen molar-refractivity contribution >= 4 is 11.9 Å². The van der Waals surface area contributed by atoms with E-state index in [2.05, 4.69) is 0 Å². The van der Waals surface area contributed by atoms with Gasteiger partial charge >= 0.3 is 5.97 Å². The van der Waals surface area contributed by atoms with Crippen LogP contribution in [-0.4, -0.2) is 21.9 Å². The van der Waals surface area contributed by atoms with Gasteiger partial charge < -0.3 is 10.0 Å². The topological polar surface area (TPSA) is 57.6 Å². The Hall–Kier alpha value is -2.62. The van der Waals surface area contributed by atoms with E-state index in [9.17, 15) is 9.59 Å². The first-order valence-corrected chi connectivity index (χ1v) is 8.22. The monoisotopic (exact) mass is 325 g/mol. The quantitative estimate of drug-likeness (QED) is 0.712. The summed E-state index contributed by atoms with van der Waals surface area (Å²) < 4.78 is 0. The number of unbranched alkanes of at least 4 members (excludes halogenated alkanes) is 1. The normalized spacial score (nSPS) is 10.3. The van der Waals surface area contributed by atoms with Gasteiger partial charge in [-0.1, -0.05) is 60.7 Å². The molecular weight excluding hydrogens is 302 g/mol. The van der Waals surface area contributed by atoms with Crippen LogP contribution in [0.3, 0.4) is 0 Å². The number of rotatable bonds is 9. The van der Waals surface area contributed by atoms with E-state index < -0.39 is 5.97 Å². The van der Waals surface area contributed by atoms with Gasteiger partial charge in [0.05, 0.1) is 0 Å². The van der Waals surface area contributed by atoms with Gasteiger partial charge in [-0.05, 0) is 24.0 Å². The minimum absolute atomic E-state index is 0.0631. The number of aliphatic carboxylic acids is 1. The molecule has 0 fully saturated rings. The summed E-state index contributed by atoms with van der Waals surface area (Å²) in [5.74, 6) is -0.749. The van der Waals surface area contributed by atoms with Crippen LogP contribution in [0.4, 0.5) is 0 Å². The van der Waals surface area contributed by atoms with E-state index in [0.717, 1.165) is 11.1 Å². The van der Waals surface area contributed by atoms with Gasteiger partial charge in [0, 0.05) is 25.9 Å². The van der Waals surface area contributed by atoms with Crippen LogP contribution < -0.4 is 0 Å². The molecule has 4 heteroatoms. The Labute approximate surface area is 142 Å². The average Bonchev–Trinajstić information content (AvgIpc) is 2.59. The highest BCUT2D eigenvalue weighted by Crippen LogP contribution is 2.13. The van der Waals surface area contributed by atoms with E-state index >= 15 is 0 Å². The van der Waals surface area contributed by atoms with Crippen molar-refractivity contribution in [2.75, 3.05) is 0 Å². The number of carbonyl (C=O) groups excluding carboxylic acids is 1. The summed E-state index contributed by atoms with van der Waals surface area (Å²) in [4.78, 5) is 25.0. The molecule has 0 saturated heterocycles. The maximum atomic E-state index is 12.6. The molecule has 1 N–H and O–H groups in total. The molecule has 0 spiro atoms. The first kappa shape index (κ1) is 17.7. The average molecular weight is 325 g/mol. The van der Waals surface area contributed by atoms with Crippen molar-refractivity contribution in [1.29, 1.82) is 0 Å². The fourth-order valence-corrected chi connectivity index (χ4v) is 2.55. The number of carboxylic acids is 1. The van der Waals surface area contributed by atoms with E-state index in [1.807, 2.05) is 65.6 Å². The Morgan fingerprint density at radius 1 is 0.750 bits per heavy atom. The number of hydrogen-bond donors (Lipinski definition) is 1. The summed E-state index contributed by atoms with van der Waals surface area (Å²) in [6, 6.07) is 19.8. The van der Waals surface area contributed by atoms with Gasteiger partial charge in [-0.15, -0.1) is 0 Å². The van der Waals surface area contributed by atoms with E-state index in [0.29, 0.717) is 32.4 Å². The summed E-state index contributed by atoms with van der Waals surface area (Å²) in [5, 5.41) is 8.68. The zero-order chi connectivity index (χ0) is 17.2. The first-order valence-electron chi connectivity index (χ1n) is 8.22. The minimum atomic E-state index is -0.812. The second kappa shape index (κ2) is 9.50. The van der Waals surface area contributed by atoms with Gasteiger partial charge in [0.2, 0.25) is 5.91 Å². The summed E-state index contributed by atoms with van der Waals surface area (Å²) in [5.41, 5.74) is 2.18. The van der Waals surface area contributed by atoms with Crippen LogP contribution in [0.2, 0.25) is 0 Å². The summed E-state index contributed by atoms with van der Waals surface area (Å²) in [7, 11) is 0. The number of carbonyl (C=O) groups is 2. The molecule has 0 unspecified atom stereocenters. The van der Waals surface area contributed by atoms with Gasteiger partial charge in [-0.2, -0.15) is 0 Å². The highest BCUT2D eigenvalue weighted by Gasteiger charge is 2.14. The van der Waals surface area contributed by atoms with Crippen molar-refractivity contribution in [2.45, 2.75) is 38.8 Å². The van der Waals surface area contributed by atoms with Crippen LogP contribution in [0, 0.1) is 0 Å². The third kappa shape index (κ3) is 6.24. The van der Waals surface area contributed by atoms with E-state index in [4.69, 9.17) is 5.11 Å². The third-order valence-electron chi connectivity index (χ3n) is 3.82. The Kier molecular flexibility index (Phi) is 7.02. The van der Waals surface area contributed by atoms with Gasteiger partial charge in [0.25, 0.3) is 0 Å². The lowest BCUT2D eigenvalue weighted by Gasteiger charge is -2.23. The fourth-order valence-electron chi connectivity index (χ4n) is 2.55. The standard InChI is InChI=1S/C20H23NO3/c22-19(13-7-8-14-20(23)24)21(15-17-9-3-1-4-10-17)16-18-11-5-2-6-12-18/h1-6,9-12H,7-8,13-16H2,(H,23,24). The van der Waals surface area contributed by atoms with Crippen LogP contribution in [0.1, 0.15) is 36.8 Å². The maximum absolute atomic E-state index is 12.6. The molecule has 0 aromatic heterocycles. The summed E-state index contributed by atoms with van der Waals surface area (Å²) >= 11 is 0. The SMILES string of the molecule is O=C(O)CCCCC(=O)N(Cc1ccccc1)Cc1ccccc1. The summed E-state index contributed by atoms with van der Waals surface area (Å²) in [6.45, 7) is 1.13.